The number of nitrogens with one attached hydrogen (secondary N) is 2. The highest BCUT2D eigenvalue weighted by molar-refractivity contribution is 8.00. The summed E-state index contributed by atoms with van der Waals surface area (Å²) < 4.78 is 6.39. The third kappa shape index (κ3) is 5.73. The molecule has 0 atom stereocenters. The van der Waals surface area contributed by atoms with Crippen molar-refractivity contribution in [1.82, 2.24) is 10.6 Å². The Kier molecular flexibility index (Phi) is 10.6. The third-order valence-corrected chi connectivity index (χ3v) is 4.97. The summed E-state index contributed by atoms with van der Waals surface area (Å²) in [7, 11) is 1.60. The topological polar surface area (TPSA) is 50.4 Å². The van der Waals surface area contributed by atoms with Gasteiger partial charge in [-0.3, -0.25) is 4.79 Å². The molecule has 0 aliphatic carbocycles. The molecule has 1 heterocycles. The Bertz CT molecular complexity index is 404. The first-order valence-corrected chi connectivity index (χ1v) is 8.81. The fourth-order valence-corrected chi connectivity index (χ4v) is 3.47. The van der Waals surface area contributed by atoms with Gasteiger partial charge in [-0.05, 0) is 33.2 Å². The van der Waals surface area contributed by atoms with Gasteiger partial charge in [0.05, 0.1) is 11.3 Å². The van der Waals surface area contributed by atoms with E-state index in [4.69, 9.17) is 4.74 Å². The second-order valence-electron chi connectivity index (χ2n) is 3.90. The van der Waals surface area contributed by atoms with Crippen molar-refractivity contribution in [1.29, 1.82) is 0 Å². The van der Waals surface area contributed by atoms with E-state index in [9.17, 15) is 4.79 Å². The van der Waals surface area contributed by atoms with Crippen molar-refractivity contribution >= 4 is 29.0 Å². The van der Waals surface area contributed by atoms with E-state index in [-0.39, 0.29) is 5.91 Å². The summed E-state index contributed by atoms with van der Waals surface area (Å²) in [6, 6.07) is 0. The molecule has 0 bridgehead atoms. The van der Waals surface area contributed by atoms with Gasteiger partial charge in [0.25, 0.3) is 5.91 Å². The minimum Gasteiger partial charge on any atom is -0.495 e. The molecule has 0 unspecified atom stereocenters. The zero-order chi connectivity index (χ0) is 15.5. The fraction of sp³-hybridized carbons (Fsp3) is 0.643. The number of hydrogen-bond donors (Lipinski definition) is 2. The van der Waals surface area contributed by atoms with Gasteiger partial charge < -0.3 is 15.4 Å². The molecular weight excluding hydrogens is 292 g/mol. The van der Waals surface area contributed by atoms with E-state index in [1.807, 2.05) is 20.1 Å². The summed E-state index contributed by atoms with van der Waals surface area (Å²) in [5.74, 6) is 0.651. The molecule has 0 aliphatic rings. The van der Waals surface area contributed by atoms with E-state index in [0.29, 0.717) is 17.2 Å². The van der Waals surface area contributed by atoms with Crippen LogP contribution < -0.4 is 15.4 Å². The Hall–Kier alpha value is -0.720. The molecular formula is C14H26N2O2S2. The second-order valence-corrected chi connectivity index (χ2v) is 5.99. The molecule has 116 valence electrons. The van der Waals surface area contributed by atoms with Crippen molar-refractivity contribution < 1.29 is 9.53 Å². The Morgan fingerprint density at radius 3 is 2.20 bits per heavy atom. The van der Waals surface area contributed by atoms with Gasteiger partial charge in [0.15, 0.2) is 0 Å². The van der Waals surface area contributed by atoms with Gasteiger partial charge in [-0.2, -0.15) is 0 Å². The van der Waals surface area contributed by atoms with E-state index in [2.05, 4.69) is 24.5 Å². The molecule has 4 nitrogen and oxygen atoms in total. The van der Waals surface area contributed by atoms with Crippen molar-refractivity contribution in [3.63, 3.8) is 0 Å². The van der Waals surface area contributed by atoms with Crippen LogP contribution in [0.15, 0.2) is 4.21 Å². The smallest absolute Gasteiger partial charge is 0.265 e. The molecule has 0 aliphatic heterocycles. The number of carbonyl (C=O) groups excluding carboxylic acids is 1. The van der Waals surface area contributed by atoms with E-state index < -0.39 is 0 Å². The maximum absolute atomic E-state index is 11.7. The van der Waals surface area contributed by atoms with Crippen molar-refractivity contribution in [2.45, 2.75) is 31.9 Å². The molecule has 0 radical (unpaired) electrons. The van der Waals surface area contributed by atoms with E-state index in [1.165, 1.54) is 11.3 Å². The summed E-state index contributed by atoms with van der Waals surface area (Å²) in [5, 5.41) is 5.89. The molecule has 0 saturated heterocycles. The van der Waals surface area contributed by atoms with Crippen LogP contribution in [0.3, 0.4) is 0 Å². The molecule has 6 heteroatoms. The third-order valence-electron chi connectivity index (χ3n) is 2.48. The van der Waals surface area contributed by atoms with Crippen molar-refractivity contribution in [3.05, 3.63) is 10.4 Å². The minimum atomic E-state index is -0.0530. The predicted octanol–water partition coefficient (Wildman–Crippen LogP) is 3.15. The lowest BCUT2D eigenvalue weighted by Crippen LogP contribution is -2.22. The molecule has 0 spiro atoms. The Morgan fingerprint density at radius 2 is 1.85 bits per heavy atom. The maximum atomic E-state index is 11.7. The molecule has 1 aromatic rings. The maximum Gasteiger partial charge on any atom is 0.265 e. The largest absolute Gasteiger partial charge is 0.495 e. The highest BCUT2D eigenvalue weighted by atomic mass is 32.2. The zero-order valence-corrected chi connectivity index (χ0v) is 14.9. The van der Waals surface area contributed by atoms with Crippen molar-refractivity contribution in [3.8, 4) is 5.75 Å². The molecule has 0 aromatic carbocycles. The number of methoxy groups -OCH3 is 1. The quantitative estimate of drug-likeness (QED) is 0.791. The average Bonchev–Trinajstić information content (AvgIpc) is 2.77. The molecule has 1 amide bonds. The number of thiophene rings is 1. The van der Waals surface area contributed by atoms with Crippen LogP contribution in [-0.4, -0.2) is 38.9 Å². The van der Waals surface area contributed by atoms with E-state index in [0.717, 1.165) is 22.9 Å². The lowest BCUT2D eigenvalue weighted by Gasteiger charge is -2.03. The van der Waals surface area contributed by atoms with Crippen LogP contribution in [0, 0.1) is 6.92 Å². The summed E-state index contributed by atoms with van der Waals surface area (Å²) in [6.07, 6.45) is 2.00. The van der Waals surface area contributed by atoms with Crippen LogP contribution in [0.2, 0.25) is 0 Å². The molecule has 0 fully saturated rings. The van der Waals surface area contributed by atoms with Crippen LogP contribution in [0.5, 0.6) is 5.75 Å². The molecule has 20 heavy (non-hydrogen) atoms. The van der Waals surface area contributed by atoms with Gasteiger partial charge in [-0.25, -0.2) is 0 Å². The normalized spacial score (nSPS) is 9.70. The first-order valence-electron chi connectivity index (χ1n) is 6.77. The monoisotopic (exact) mass is 318 g/mol. The predicted molar refractivity (Wildman–Crippen MR) is 89.6 cm³/mol. The lowest BCUT2D eigenvalue weighted by atomic mass is 10.3. The first-order chi connectivity index (χ1) is 9.56. The fourth-order valence-electron chi connectivity index (χ4n) is 1.56. The number of carbonyl (C=O) groups is 1. The highest BCUT2D eigenvalue weighted by Crippen LogP contribution is 2.39. The number of rotatable bonds is 6. The first kappa shape index (κ1) is 19.3. The average molecular weight is 319 g/mol. The van der Waals surface area contributed by atoms with Gasteiger partial charge in [0.2, 0.25) is 0 Å². The van der Waals surface area contributed by atoms with Gasteiger partial charge in [-0.15, -0.1) is 23.1 Å². The summed E-state index contributed by atoms with van der Waals surface area (Å²) in [5.41, 5.74) is 1.05. The van der Waals surface area contributed by atoms with Crippen LogP contribution in [0.4, 0.5) is 0 Å². The van der Waals surface area contributed by atoms with Gasteiger partial charge in [0.1, 0.15) is 10.6 Å². The van der Waals surface area contributed by atoms with E-state index in [1.54, 1.807) is 18.9 Å². The highest BCUT2D eigenvalue weighted by Gasteiger charge is 2.20. The summed E-state index contributed by atoms with van der Waals surface area (Å²) >= 11 is 3.12. The number of amides is 1. The minimum absolute atomic E-state index is 0.0530. The Balaban J connectivity index is 0.000000621. The SMILES string of the molecule is CCNC(=O)c1sc(SC)c(C)c1OC.CCNCC. The number of hydrogen-bond acceptors (Lipinski definition) is 5. The van der Waals surface area contributed by atoms with Crippen LogP contribution in [0.1, 0.15) is 36.0 Å². The van der Waals surface area contributed by atoms with Gasteiger partial charge in [-0.1, -0.05) is 13.8 Å². The lowest BCUT2D eigenvalue weighted by molar-refractivity contribution is 0.0957. The van der Waals surface area contributed by atoms with Crippen LogP contribution >= 0.6 is 23.1 Å². The summed E-state index contributed by atoms with van der Waals surface area (Å²) in [4.78, 5) is 12.4. The molecule has 0 saturated carbocycles. The van der Waals surface area contributed by atoms with Crippen molar-refractivity contribution in [2.75, 3.05) is 33.0 Å². The number of thioether (sulfide) groups is 1. The summed E-state index contributed by atoms with van der Waals surface area (Å²) in [6.45, 7) is 10.9. The van der Waals surface area contributed by atoms with Gasteiger partial charge in [0, 0.05) is 12.1 Å². The second kappa shape index (κ2) is 11.0. The zero-order valence-electron chi connectivity index (χ0n) is 13.3. The molecule has 1 aromatic heterocycles. The van der Waals surface area contributed by atoms with Crippen LogP contribution in [-0.2, 0) is 0 Å². The Labute approximate surface area is 130 Å². The number of ether oxygens (including phenoxy) is 1. The van der Waals surface area contributed by atoms with Crippen LogP contribution in [0.25, 0.3) is 0 Å². The van der Waals surface area contributed by atoms with Crippen molar-refractivity contribution in [2.24, 2.45) is 0 Å². The van der Waals surface area contributed by atoms with E-state index >= 15 is 0 Å². The standard InChI is InChI=1S/C10H15NO2S2.C4H11N/c1-5-11-9(12)8-7(13-3)6(2)10(14-4)15-8;1-3-5-4-2/h5H2,1-4H3,(H,11,12);5H,3-4H2,1-2H3. The Morgan fingerprint density at radius 1 is 1.25 bits per heavy atom. The van der Waals surface area contributed by atoms with Gasteiger partial charge >= 0.3 is 0 Å². The molecule has 1 rings (SSSR count). The molecule has 2 N–H and O–H groups in total.